The largest absolute Gasteiger partial charge is 0.497 e. The van der Waals surface area contributed by atoms with E-state index in [0.29, 0.717) is 60.8 Å². The maximum Gasteiger partial charge on any atom is 0.336 e. The molecule has 0 saturated heterocycles. The van der Waals surface area contributed by atoms with Crippen LogP contribution in [0.5, 0.6) is 17.2 Å². The van der Waals surface area contributed by atoms with Crippen molar-refractivity contribution in [2.24, 2.45) is 0 Å². The van der Waals surface area contributed by atoms with Gasteiger partial charge in [-0.2, -0.15) is 0 Å². The summed E-state index contributed by atoms with van der Waals surface area (Å²) in [6, 6.07) is 23.4. The summed E-state index contributed by atoms with van der Waals surface area (Å²) in [7, 11) is 3.22. The maximum absolute atomic E-state index is 13.9. The minimum absolute atomic E-state index is 0.00577. The van der Waals surface area contributed by atoms with Crippen molar-refractivity contribution in [1.29, 1.82) is 0 Å². The van der Waals surface area contributed by atoms with Crippen LogP contribution in [0.1, 0.15) is 61.6 Å². The molecule has 218 valence electrons. The van der Waals surface area contributed by atoms with Gasteiger partial charge in [0.05, 0.1) is 26.4 Å². The van der Waals surface area contributed by atoms with Crippen molar-refractivity contribution in [3.63, 3.8) is 0 Å². The van der Waals surface area contributed by atoms with Gasteiger partial charge in [-0.05, 0) is 66.6 Å². The van der Waals surface area contributed by atoms with Crippen LogP contribution in [0.3, 0.4) is 0 Å². The lowest BCUT2D eigenvalue weighted by molar-refractivity contribution is -0.139. The second-order valence-electron chi connectivity index (χ2n) is 10.6. The molecule has 0 bridgehead atoms. The average Bonchev–Trinajstić information content (AvgIpc) is 3.02. The molecule has 42 heavy (non-hydrogen) atoms. The highest BCUT2D eigenvalue weighted by atomic mass is 16.5. The predicted molar refractivity (Wildman–Crippen MR) is 161 cm³/mol. The first-order chi connectivity index (χ1) is 20.4. The quantitative estimate of drug-likeness (QED) is 0.277. The highest BCUT2D eigenvalue weighted by Crippen LogP contribution is 2.47. The van der Waals surface area contributed by atoms with Gasteiger partial charge in [0.25, 0.3) is 0 Å². The summed E-state index contributed by atoms with van der Waals surface area (Å²) in [5.41, 5.74) is 5.46. The number of allylic oxidation sites excluding steroid dienone is 3. The highest BCUT2D eigenvalue weighted by Gasteiger charge is 2.41. The van der Waals surface area contributed by atoms with E-state index in [0.717, 1.165) is 28.1 Å². The molecule has 7 nitrogen and oxygen atoms in total. The molecule has 0 amide bonds. The molecule has 0 aromatic heterocycles. The van der Waals surface area contributed by atoms with Crippen LogP contribution in [0.2, 0.25) is 0 Å². The van der Waals surface area contributed by atoms with Crippen LogP contribution in [-0.4, -0.2) is 32.6 Å². The van der Waals surface area contributed by atoms with Gasteiger partial charge >= 0.3 is 5.97 Å². The van der Waals surface area contributed by atoms with Gasteiger partial charge in [-0.15, -0.1) is 0 Å². The fourth-order valence-corrected chi connectivity index (χ4v) is 5.75. The fourth-order valence-electron chi connectivity index (χ4n) is 5.75. The highest BCUT2D eigenvalue weighted by molar-refractivity contribution is 6.04. The minimum Gasteiger partial charge on any atom is -0.497 e. The Labute approximate surface area is 247 Å². The van der Waals surface area contributed by atoms with Crippen LogP contribution in [-0.2, 0) is 20.9 Å². The zero-order chi connectivity index (χ0) is 29.6. The molecule has 0 unspecified atom stereocenters. The summed E-state index contributed by atoms with van der Waals surface area (Å²) >= 11 is 0. The standard InChI is InChI=1S/C35H37NO6/c1-5-17-41-35(38)32-22(2)36-28-18-26(24-11-14-27(39-3)15-12-24)19-29(37)34(28)33(32)25-13-16-30(31(20-25)40-4)42-21-23-9-7-6-8-10-23/h6-16,20,26,33,36H,5,17-19,21H2,1-4H3/t26-,33-/m0/s1. The van der Waals surface area contributed by atoms with Crippen LogP contribution < -0.4 is 19.5 Å². The van der Waals surface area contributed by atoms with Crippen LogP contribution in [0.15, 0.2) is 95.3 Å². The van der Waals surface area contributed by atoms with E-state index in [-0.39, 0.29) is 11.7 Å². The Balaban J connectivity index is 1.51. The third-order valence-electron chi connectivity index (χ3n) is 7.83. The second kappa shape index (κ2) is 13.0. The summed E-state index contributed by atoms with van der Waals surface area (Å²) in [5.74, 6) is 0.891. The monoisotopic (exact) mass is 567 g/mol. The van der Waals surface area contributed by atoms with Crippen molar-refractivity contribution in [1.82, 2.24) is 5.32 Å². The van der Waals surface area contributed by atoms with Gasteiger partial charge in [-0.25, -0.2) is 4.79 Å². The topological polar surface area (TPSA) is 83.1 Å². The van der Waals surface area contributed by atoms with Crippen molar-refractivity contribution in [2.75, 3.05) is 20.8 Å². The van der Waals surface area contributed by atoms with Crippen molar-refractivity contribution in [3.8, 4) is 17.2 Å². The number of benzene rings is 3. The van der Waals surface area contributed by atoms with E-state index in [1.807, 2.05) is 86.6 Å². The van der Waals surface area contributed by atoms with Crippen molar-refractivity contribution in [2.45, 2.75) is 51.6 Å². The summed E-state index contributed by atoms with van der Waals surface area (Å²) in [6.07, 6.45) is 1.69. The van der Waals surface area contributed by atoms with Crippen LogP contribution >= 0.6 is 0 Å². The molecule has 1 aliphatic heterocycles. The van der Waals surface area contributed by atoms with E-state index in [2.05, 4.69) is 5.32 Å². The maximum atomic E-state index is 13.9. The molecule has 2 atom stereocenters. The van der Waals surface area contributed by atoms with Crippen LogP contribution in [0.25, 0.3) is 0 Å². The number of hydrogen-bond donors (Lipinski definition) is 1. The summed E-state index contributed by atoms with van der Waals surface area (Å²) < 4.78 is 22.7. The smallest absolute Gasteiger partial charge is 0.336 e. The second-order valence-corrected chi connectivity index (χ2v) is 10.6. The van der Waals surface area contributed by atoms with Gasteiger partial charge in [-0.3, -0.25) is 4.79 Å². The number of ketones is 1. The van der Waals surface area contributed by atoms with Gasteiger partial charge in [0.2, 0.25) is 0 Å². The zero-order valence-electron chi connectivity index (χ0n) is 24.6. The van der Waals surface area contributed by atoms with E-state index in [1.54, 1.807) is 14.2 Å². The van der Waals surface area contributed by atoms with Crippen LogP contribution in [0.4, 0.5) is 0 Å². The Morgan fingerprint density at radius 2 is 1.64 bits per heavy atom. The lowest BCUT2D eigenvalue weighted by Gasteiger charge is -2.37. The van der Waals surface area contributed by atoms with E-state index in [4.69, 9.17) is 18.9 Å². The molecule has 3 aromatic carbocycles. The summed E-state index contributed by atoms with van der Waals surface area (Å²) in [6.45, 7) is 4.51. The van der Waals surface area contributed by atoms with Crippen LogP contribution in [0, 0.1) is 0 Å². The Morgan fingerprint density at radius 1 is 0.905 bits per heavy atom. The molecular weight excluding hydrogens is 530 g/mol. The third-order valence-corrected chi connectivity index (χ3v) is 7.83. The van der Waals surface area contributed by atoms with Gasteiger partial charge in [0.15, 0.2) is 17.3 Å². The predicted octanol–water partition coefficient (Wildman–Crippen LogP) is 6.60. The lowest BCUT2D eigenvalue weighted by Crippen LogP contribution is -2.36. The number of ether oxygens (including phenoxy) is 4. The minimum atomic E-state index is -0.591. The Bertz CT molecular complexity index is 1510. The van der Waals surface area contributed by atoms with Gasteiger partial charge in [0.1, 0.15) is 12.4 Å². The van der Waals surface area contributed by atoms with Gasteiger partial charge in [-0.1, -0.05) is 55.5 Å². The number of esters is 1. The van der Waals surface area contributed by atoms with Crippen molar-refractivity contribution < 1.29 is 28.5 Å². The first-order valence-electron chi connectivity index (χ1n) is 14.3. The van der Waals surface area contributed by atoms with Gasteiger partial charge in [0, 0.05) is 29.3 Å². The van der Waals surface area contributed by atoms with Gasteiger partial charge < -0.3 is 24.3 Å². The van der Waals surface area contributed by atoms with E-state index in [1.165, 1.54) is 0 Å². The third kappa shape index (κ3) is 6.05. The molecule has 1 aliphatic carbocycles. The SMILES string of the molecule is CCCOC(=O)C1=C(C)NC2=C(C(=O)C[C@@H](c3ccc(OC)cc3)C2)[C@H]1c1ccc(OCc2ccccc2)c(OC)c1. The molecule has 1 N–H and O–H groups in total. The molecule has 0 radical (unpaired) electrons. The molecule has 2 aliphatic rings. The molecule has 7 heteroatoms. The summed E-state index contributed by atoms with van der Waals surface area (Å²) in [4.78, 5) is 27.4. The first-order valence-corrected chi connectivity index (χ1v) is 14.3. The Hall–Kier alpha value is -4.52. The number of nitrogens with one attached hydrogen (secondary N) is 1. The number of Topliss-reactive ketones (excluding diaryl/α,β-unsaturated/α-hetero) is 1. The molecule has 3 aromatic rings. The number of rotatable bonds is 10. The first kappa shape index (κ1) is 29.0. The average molecular weight is 568 g/mol. The fraction of sp³-hybridized carbons (Fsp3) is 0.314. The Kier molecular flexibility index (Phi) is 8.96. The van der Waals surface area contributed by atoms with E-state index >= 15 is 0 Å². The molecule has 5 rings (SSSR count). The number of methoxy groups -OCH3 is 2. The van der Waals surface area contributed by atoms with E-state index < -0.39 is 11.9 Å². The Morgan fingerprint density at radius 3 is 2.33 bits per heavy atom. The lowest BCUT2D eigenvalue weighted by atomic mass is 9.71. The molecular formula is C35H37NO6. The van der Waals surface area contributed by atoms with Crippen molar-refractivity contribution in [3.05, 3.63) is 112 Å². The van der Waals surface area contributed by atoms with Crippen molar-refractivity contribution >= 4 is 11.8 Å². The molecule has 0 spiro atoms. The van der Waals surface area contributed by atoms with E-state index in [9.17, 15) is 9.59 Å². The normalized spacial score (nSPS) is 18.2. The number of carbonyl (C=O) groups excluding carboxylic acids is 2. The summed E-state index contributed by atoms with van der Waals surface area (Å²) in [5, 5.41) is 3.41. The molecule has 0 fully saturated rings. The number of carbonyl (C=O) groups is 2. The molecule has 1 heterocycles. The number of hydrogen-bond acceptors (Lipinski definition) is 7. The zero-order valence-corrected chi connectivity index (χ0v) is 24.6. The molecule has 0 saturated carbocycles. The number of dihydropyridines is 1.